The van der Waals surface area contributed by atoms with Crippen molar-refractivity contribution in [2.45, 2.75) is 6.92 Å². The third-order valence-corrected chi connectivity index (χ3v) is 1.68. The molecule has 0 fully saturated rings. The summed E-state index contributed by atoms with van der Waals surface area (Å²) in [5.74, 6) is -1.30. The Kier molecular flexibility index (Phi) is 4.05. The standard InChI is InChI=1S/C10H12FNO3/c1-3-15-10(13)8-6-7(12-14-2)4-5-9(8)11/h4-6,12H,3H2,1-2H3. The summed E-state index contributed by atoms with van der Waals surface area (Å²) in [6.45, 7) is 1.87. The van der Waals surface area contributed by atoms with Crippen LogP contribution in [0, 0.1) is 5.82 Å². The predicted molar refractivity (Wildman–Crippen MR) is 53.0 cm³/mol. The minimum atomic E-state index is -0.685. The molecule has 0 heterocycles. The van der Waals surface area contributed by atoms with Gasteiger partial charge < -0.3 is 4.74 Å². The van der Waals surface area contributed by atoms with Crippen molar-refractivity contribution in [1.82, 2.24) is 0 Å². The number of halogens is 1. The Morgan fingerprint density at radius 1 is 1.53 bits per heavy atom. The Morgan fingerprint density at radius 2 is 2.27 bits per heavy atom. The van der Waals surface area contributed by atoms with Gasteiger partial charge in [-0.1, -0.05) is 0 Å². The quantitative estimate of drug-likeness (QED) is 0.613. The van der Waals surface area contributed by atoms with Crippen molar-refractivity contribution in [2.24, 2.45) is 0 Å². The van der Waals surface area contributed by atoms with Crippen molar-refractivity contribution in [3.8, 4) is 0 Å². The summed E-state index contributed by atoms with van der Waals surface area (Å²) < 4.78 is 17.9. The van der Waals surface area contributed by atoms with Gasteiger partial charge in [-0.3, -0.25) is 10.3 Å². The van der Waals surface area contributed by atoms with E-state index in [9.17, 15) is 9.18 Å². The van der Waals surface area contributed by atoms with Gasteiger partial charge in [-0.15, -0.1) is 0 Å². The summed E-state index contributed by atoms with van der Waals surface area (Å²) in [4.78, 5) is 15.9. The fourth-order valence-electron chi connectivity index (χ4n) is 1.07. The highest BCUT2D eigenvalue weighted by atomic mass is 19.1. The third kappa shape index (κ3) is 2.92. The zero-order valence-electron chi connectivity index (χ0n) is 8.54. The second-order valence-electron chi connectivity index (χ2n) is 2.72. The van der Waals surface area contributed by atoms with Crippen LogP contribution < -0.4 is 5.48 Å². The van der Waals surface area contributed by atoms with Crippen LogP contribution in [0.25, 0.3) is 0 Å². The lowest BCUT2D eigenvalue weighted by molar-refractivity contribution is 0.0521. The van der Waals surface area contributed by atoms with Gasteiger partial charge >= 0.3 is 5.97 Å². The summed E-state index contributed by atoms with van der Waals surface area (Å²) in [7, 11) is 1.42. The number of hydrogen-bond donors (Lipinski definition) is 1. The molecular weight excluding hydrogens is 201 g/mol. The average molecular weight is 213 g/mol. The molecule has 0 aliphatic heterocycles. The van der Waals surface area contributed by atoms with E-state index in [1.807, 2.05) is 0 Å². The normalized spacial score (nSPS) is 9.80. The number of esters is 1. The van der Waals surface area contributed by atoms with Crippen molar-refractivity contribution in [2.75, 3.05) is 19.2 Å². The van der Waals surface area contributed by atoms with Crippen LogP contribution in [0.1, 0.15) is 17.3 Å². The van der Waals surface area contributed by atoms with E-state index in [2.05, 4.69) is 10.3 Å². The maximum Gasteiger partial charge on any atom is 0.341 e. The number of rotatable bonds is 4. The monoisotopic (exact) mass is 213 g/mol. The molecular formula is C10H12FNO3. The molecule has 5 heteroatoms. The van der Waals surface area contributed by atoms with Crippen LogP contribution in [0.4, 0.5) is 10.1 Å². The van der Waals surface area contributed by atoms with Gasteiger partial charge in [0.25, 0.3) is 0 Å². The SMILES string of the molecule is CCOC(=O)c1cc(NOC)ccc1F. The van der Waals surface area contributed by atoms with Crippen molar-refractivity contribution < 1.29 is 18.8 Å². The average Bonchev–Trinajstić information content (AvgIpc) is 2.21. The van der Waals surface area contributed by atoms with Crippen LogP contribution in [-0.2, 0) is 9.57 Å². The van der Waals surface area contributed by atoms with Crippen LogP contribution in [0.3, 0.4) is 0 Å². The molecule has 1 aromatic rings. The van der Waals surface area contributed by atoms with E-state index in [4.69, 9.17) is 4.74 Å². The maximum absolute atomic E-state index is 13.2. The first-order valence-electron chi connectivity index (χ1n) is 4.44. The molecule has 15 heavy (non-hydrogen) atoms. The summed E-state index contributed by atoms with van der Waals surface area (Å²) >= 11 is 0. The van der Waals surface area contributed by atoms with Gasteiger partial charge in [0, 0.05) is 0 Å². The molecule has 0 radical (unpaired) electrons. The molecule has 0 aliphatic carbocycles. The predicted octanol–water partition coefficient (Wildman–Crippen LogP) is 1.98. The van der Waals surface area contributed by atoms with E-state index >= 15 is 0 Å². The number of nitrogens with one attached hydrogen (secondary N) is 1. The number of carbonyl (C=O) groups excluding carboxylic acids is 1. The summed E-state index contributed by atoms with van der Waals surface area (Å²) in [6.07, 6.45) is 0. The first-order chi connectivity index (χ1) is 7.19. The number of benzene rings is 1. The largest absolute Gasteiger partial charge is 0.462 e. The third-order valence-electron chi connectivity index (χ3n) is 1.68. The first kappa shape index (κ1) is 11.5. The Labute approximate surface area is 86.9 Å². The van der Waals surface area contributed by atoms with Crippen molar-refractivity contribution in [1.29, 1.82) is 0 Å². The highest BCUT2D eigenvalue weighted by Gasteiger charge is 2.13. The highest BCUT2D eigenvalue weighted by Crippen LogP contribution is 2.15. The molecule has 0 amide bonds. The molecule has 0 unspecified atom stereocenters. The van der Waals surface area contributed by atoms with Crippen LogP contribution in [0.2, 0.25) is 0 Å². The Morgan fingerprint density at radius 3 is 2.87 bits per heavy atom. The lowest BCUT2D eigenvalue weighted by atomic mass is 10.2. The Bertz CT molecular complexity index is 355. The molecule has 0 saturated carbocycles. The molecule has 0 spiro atoms. The second-order valence-corrected chi connectivity index (χ2v) is 2.72. The molecule has 0 bridgehead atoms. The van der Waals surface area contributed by atoms with E-state index in [0.717, 1.165) is 0 Å². The molecule has 0 saturated heterocycles. The molecule has 1 rings (SSSR count). The van der Waals surface area contributed by atoms with Crippen LogP contribution in [0.15, 0.2) is 18.2 Å². The van der Waals surface area contributed by atoms with Gasteiger partial charge in [0.2, 0.25) is 0 Å². The lowest BCUT2D eigenvalue weighted by Crippen LogP contribution is -2.08. The molecule has 4 nitrogen and oxygen atoms in total. The zero-order valence-corrected chi connectivity index (χ0v) is 8.54. The summed E-state index contributed by atoms with van der Waals surface area (Å²) in [5.41, 5.74) is 2.87. The molecule has 0 atom stereocenters. The Hall–Kier alpha value is -1.62. The molecule has 1 N–H and O–H groups in total. The van der Waals surface area contributed by atoms with Crippen LogP contribution >= 0.6 is 0 Å². The first-order valence-corrected chi connectivity index (χ1v) is 4.44. The number of ether oxygens (including phenoxy) is 1. The smallest absolute Gasteiger partial charge is 0.341 e. The topological polar surface area (TPSA) is 47.6 Å². The zero-order chi connectivity index (χ0) is 11.3. The highest BCUT2D eigenvalue weighted by molar-refractivity contribution is 5.90. The van der Waals surface area contributed by atoms with Gasteiger partial charge in [-0.25, -0.2) is 9.18 Å². The second kappa shape index (κ2) is 5.31. The van der Waals surface area contributed by atoms with E-state index in [1.54, 1.807) is 6.92 Å². The van der Waals surface area contributed by atoms with E-state index in [1.165, 1.54) is 25.3 Å². The minimum Gasteiger partial charge on any atom is -0.462 e. The van der Waals surface area contributed by atoms with E-state index in [-0.39, 0.29) is 12.2 Å². The summed E-state index contributed by atoms with van der Waals surface area (Å²) in [6, 6.07) is 3.96. The summed E-state index contributed by atoms with van der Waals surface area (Å²) in [5, 5.41) is 0. The van der Waals surface area contributed by atoms with Crippen molar-refractivity contribution in [3.05, 3.63) is 29.6 Å². The van der Waals surface area contributed by atoms with Gasteiger partial charge in [-0.2, -0.15) is 0 Å². The fourth-order valence-corrected chi connectivity index (χ4v) is 1.07. The van der Waals surface area contributed by atoms with Crippen LogP contribution in [-0.4, -0.2) is 19.7 Å². The van der Waals surface area contributed by atoms with Gasteiger partial charge in [-0.05, 0) is 25.1 Å². The van der Waals surface area contributed by atoms with E-state index in [0.29, 0.717) is 5.69 Å². The van der Waals surface area contributed by atoms with Crippen LogP contribution in [0.5, 0.6) is 0 Å². The Balaban J connectivity index is 2.94. The number of anilines is 1. The van der Waals surface area contributed by atoms with E-state index < -0.39 is 11.8 Å². The maximum atomic E-state index is 13.2. The number of hydrogen-bond acceptors (Lipinski definition) is 4. The minimum absolute atomic E-state index is 0.112. The van der Waals surface area contributed by atoms with Crippen molar-refractivity contribution >= 4 is 11.7 Å². The molecule has 1 aromatic carbocycles. The molecule has 82 valence electrons. The number of carbonyl (C=O) groups is 1. The fraction of sp³-hybridized carbons (Fsp3) is 0.300. The lowest BCUT2D eigenvalue weighted by Gasteiger charge is -2.06. The van der Waals surface area contributed by atoms with Gasteiger partial charge in [0.1, 0.15) is 5.82 Å². The molecule has 0 aromatic heterocycles. The van der Waals surface area contributed by atoms with Gasteiger partial charge in [0.05, 0.1) is 25.0 Å². The van der Waals surface area contributed by atoms with Crippen molar-refractivity contribution in [3.63, 3.8) is 0 Å². The van der Waals surface area contributed by atoms with Gasteiger partial charge in [0.15, 0.2) is 0 Å². The molecule has 0 aliphatic rings.